The first-order chi connectivity index (χ1) is 9.25. The highest BCUT2D eigenvalue weighted by Crippen LogP contribution is 2.23. The maximum atomic E-state index is 4.28. The monoisotopic (exact) mass is 253 g/mol. The topological polar surface area (TPSA) is 66.5 Å². The average Bonchev–Trinajstić information content (AvgIpc) is 2.88. The van der Waals surface area contributed by atoms with E-state index in [0.29, 0.717) is 5.65 Å². The molecular formula is C14H15N5. The maximum Gasteiger partial charge on any atom is 0.182 e. The highest BCUT2D eigenvalue weighted by Gasteiger charge is 2.11. The van der Waals surface area contributed by atoms with Crippen LogP contribution in [0.15, 0.2) is 36.9 Å². The van der Waals surface area contributed by atoms with Gasteiger partial charge in [-0.15, -0.1) is 0 Å². The van der Waals surface area contributed by atoms with Crippen molar-refractivity contribution in [3.8, 4) is 0 Å². The van der Waals surface area contributed by atoms with E-state index in [2.05, 4.69) is 51.2 Å². The summed E-state index contributed by atoms with van der Waals surface area (Å²) in [4.78, 5) is 15.6. The van der Waals surface area contributed by atoms with E-state index in [1.54, 1.807) is 6.33 Å². The first-order valence-electron chi connectivity index (χ1n) is 6.22. The smallest absolute Gasteiger partial charge is 0.182 e. The second kappa shape index (κ2) is 4.68. The molecule has 2 aromatic heterocycles. The van der Waals surface area contributed by atoms with Crippen LogP contribution in [0.4, 0.5) is 5.82 Å². The SMILES string of the molecule is Cc1ccccc1C(C)Nc1ncnc2nc[nH]c12. The molecule has 0 aliphatic carbocycles. The van der Waals surface area contributed by atoms with Crippen molar-refractivity contribution in [3.05, 3.63) is 48.0 Å². The van der Waals surface area contributed by atoms with Crippen molar-refractivity contribution in [2.75, 3.05) is 5.32 Å². The summed E-state index contributed by atoms with van der Waals surface area (Å²) in [6.07, 6.45) is 3.15. The van der Waals surface area contributed by atoms with E-state index in [9.17, 15) is 0 Å². The normalized spacial score (nSPS) is 12.5. The number of aromatic nitrogens is 4. The summed E-state index contributed by atoms with van der Waals surface area (Å²) in [5.41, 5.74) is 4.03. The Labute approximate surface area is 111 Å². The Balaban J connectivity index is 1.93. The molecule has 1 atom stereocenters. The molecule has 0 radical (unpaired) electrons. The molecule has 5 heteroatoms. The van der Waals surface area contributed by atoms with E-state index >= 15 is 0 Å². The molecular weight excluding hydrogens is 238 g/mol. The lowest BCUT2D eigenvalue weighted by atomic mass is 10.0. The lowest BCUT2D eigenvalue weighted by molar-refractivity contribution is 0.865. The third kappa shape index (κ3) is 2.14. The highest BCUT2D eigenvalue weighted by atomic mass is 15.1. The first kappa shape index (κ1) is 11.6. The van der Waals surface area contributed by atoms with Crippen molar-refractivity contribution in [2.45, 2.75) is 19.9 Å². The fraction of sp³-hybridized carbons (Fsp3) is 0.214. The highest BCUT2D eigenvalue weighted by molar-refractivity contribution is 5.82. The van der Waals surface area contributed by atoms with Crippen molar-refractivity contribution in [2.24, 2.45) is 0 Å². The predicted octanol–water partition coefficient (Wildman–Crippen LogP) is 2.83. The van der Waals surface area contributed by atoms with Crippen LogP contribution in [0.3, 0.4) is 0 Å². The number of aromatic amines is 1. The Bertz CT molecular complexity index is 704. The fourth-order valence-corrected chi connectivity index (χ4v) is 2.23. The van der Waals surface area contributed by atoms with Gasteiger partial charge in [0.25, 0.3) is 0 Å². The Morgan fingerprint density at radius 3 is 2.84 bits per heavy atom. The van der Waals surface area contributed by atoms with Gasteiger partial charge in [-0.25, -0.2) is 15.0 Å². The largest absolute Gasteiger partial charge is 0.362 e. The van der Waals surface area contributed by atoms with Crippen LogP contribution in [0.2, 0.25) is 0 Å². The standard InChI is InChI=1S/C14H15N5/c1-9-5-3-4-6-11(9)10(2)19-14-12-13(16-7-15-12)17-8-18-14/h3-8,10H,1-2H3,(H2,15,16,17,18,19). The molecule has 19 heavy (non-hydrogen) atoms. The van der Waals surface area contributed by atoms with Gasteiger partial charge in [-0.2, -0.15) is 0 Å². The summed E-state index contributed by atoms with van der Waals surface area (Å²) < 4.78 is 0. The quantitative estimate of drug-likeness (QED) is 0.753. The lowest BCUT2D eigenvalue weighted by Crippen LogP contribution is -2.09. The van der Waals surface area contributed by atoms with Gasteiger partial charge in [0, 0.05) is 0 Å². The van der Waals surface area contributed by atoms with Crippen LogP contribution in [-0.4, -0.2) is 19.9 Å². The van der Waals surface area contributed by atoms with E-state index in [0.717, 1.165) is 11.3 Å². The van der Waals surface area contributed by atoms with Gasteiger partial charge >= 0.3 is 0 Å². The summed E-state index contributed by atoms with van der Waals surface area (Å²) in [5.74, 6) is 0.776. The Hall–Kier alpha value is -2.43. The minimum Gasteiger partial charge on any atom is -0.362 e. The molecule has 0 amide bonds. The van der Waals surface area contributed by atoms with Crippen LogP contribution >= 0.6 is 0 Å². The van der Waals surface area contributed by atoms with Gasteiger partial charge < -0.3 is 10.3 Å². The van der Waals surface area contributed by atoms with Gasteiger partial charge in [0.2, 0.25) is 0 Å². The van der Waals surface area contributed by atoms with E-state index in [-0.39, 0.29) is 6.04 Å². The van der Waals surface area contributed by atoms with Gasteiger partial charge in [0.05, 0.1) is 12.4 Å². The summed E-state index contributed by atoms with van der Waals surface area (Å²) in [5, 5.41) is 3.41. The number of nitrogens with zero attached hydrogens (tertiary/aromatic N) is 3. The summed E-state index contributed by atoms with van der Waals surface area (Å²) >= 11 is 0. The zero-order valence-corrected chi connectivity index (χ0v) is 10.9. The average molecular weight is 253 g/mol. The molecule has 0 saturated heterocycles. The zero-order chi connectivity index (χ0) is 13.2. The Morgan fingerprint density at radius 1 is 1.16 bits per heavy atom. The third-order valence-corrected chi connectivity index (χ3v) is 3.23. The number of H-pyrrole nitrogens is 1. The van der Waals surface area contributed by atoms with Gasteiger partial charge in [0.1, 0.15) is 11.8 Å². The molecule has 0 bridgehead atoms. The van der Waals surface area contributed by atoms with Gasteiger partial charge in [-0.3, -0.25) is 0 Å². The number of anilines is 1. The zero-order valence-electron chi connectivity index (χ0n) is 10.9. The summed E-state index contributed by atoms with van der Waals surface area (Å²) in [6.45, 7) is 4.23. The number of aryl methyl sites for hydroxylation is 1. The minimum atomic E-state index is 0.169. The van der Waals surface area contributed by atoms with E-state index in [4.69, 9.17) is 0 Å². The lowest BCUT2D eigenvalue weighted by Gasteiger charge is -2.17. The van der Waals surface area contributed by atoms with E-state index in [1.165, 1.54) is 17.5 Å². The number of hydrogen-bond acceptors (Lipinski definition) is 4. The second-order valence-corrected chi connectivity index (χ2v) is 4.55. The van der Waals surface area contributed by atoms with Crippen molar-refractivity contribution in [1.82, 2.24) is 19.9 Å². The van der Waals surface area contributed by atoms with Crippen molar-refractivity contribution in [1.29, 1.82) is 0 Å². The third-order valence-electron chi connectivity index (χ3n) is 3.23. The van der Waals surface area contributed by atoms with Crippen LogP contribution in [0.5, 0.6) is 0 Å². The number of imidazole rings is 1. The van der Waals surface area contributed by atoms with Gasteiger partial charge in [-0.1, -0.05) is 24.3 Å². The second-order valence-electron chi connectivity index (χ2n) is 4.55. The number of rotatable bonds is 3. The molecule has 0 aliphatic rings. The predicted molar refractivity (Wildman–Crippen MR) is 74.9 cm³/mol. The van der Waals surface area contributed by atoms with E-state index < -0.39 is 0 Å². The van der Waals surface area contributed by atoms with Crippen LogP contribution in [0, 0.1) is 6.92 Å². The molecule has 1 unspecified atom stereocenters. The molecule has 2 N–H and O–H groups in total. The minimum absolute atomic E-state index is 0.169. The molecule has 1 aromatic carbocycles. The Kier molecular flexibility index (Phi) is 2.87. The molecule has 5 nitrogen and oxygen atoms in total. The van der Waals surface area contributed by atoms with Gasteiger partial charge in [-0.05, 0) is 25.0 Å². The molecule has 3 rings (SSSR count). The van der Waals surface area contributed by atoms with Gasteiger partial charge in [0.15, 0.2) is 11.5 Å². The molecule has 0 spiro atoms. The van der Waals surface area contributed by atoms with Crippen molar-refractivity contribution < 1.29 is 0 Å². The van der Waals surface area contributed by atoms with Crippen LogP contribution in [-0.2, 0) is 0 Å². The fourth-order valence-electron chi connectivity index (χ4n) is 2.23. The number of hydrogen-bond donors (Lipinski definition) is 2. The van der Waals surface area contributed by atoms with E-state index in [1.807, 2.05) is 12.1 Å². The maximum absolute atomic E-state index is 4.28. The number of benzene rings is 1. The molecule has 0 saturated carbocycles. The summed E-state index contributed by atoms with van der Waals surface area (Å²) in [6, 6.07) is 8.50. The van der Waals surface area contributed by atoms with Crippen LogP contribution in [0.25, 0.3) is 11.2 Å². The van der Waals surface area contributed by atoms with Crippen molar-refractivity contribution in [3.63, 3.8) is 0 Å². The molecule has 0 fully saturated rings. The van der Waals surface area contributed by atoms with Crippen LogP contribution in [0.1, 0.15) is 24.1 Å². The number of nitrogens with one attached hydrogen (secondary N) is 2. The molecule has 0 aliphatic heterocycles. The first-order valence-corrected chi connectivity index (χ1v) is 6.22. The van der Waals surface area contributed by atoms with Crippen molar-refractivity contribution >= 4 is 17.0 Å². The van der Waals surface area contributed by atoms with Crippen LogP contribution < -0.4 is 5.32 Å². The Morgan fingerprint density at radius 2 is 2.00 bits per heavy atom. The molecule has 2 heterocycles. The summed E-state index contributed by atoms with van der Waals surface area (Å²) in [7, 11) is 0. The number of fused-ring (bicyclic) bond motifs is 1. The molecule has 3 aromatic rings. The molecule has 96 valence electrons.